The lowest BCUT2D eigenvalue weighted by atomic mass is 10.00. The Hall–Kier alpha value is -0.120. The third kappa shape index (κ3) is 2.22. The van der Waals surface area contributed by atoms with Crippen molar-refractivity contribution >= 4 is 0 Å². The molecule has 0 spiro atoms. The zero-order valence-corrected chi connectivity index (χ0v) is 8.51. The molecule has 0 aromatic heterocycles. The van der Waals surface area contributed by atoms with E-state index < -0.39 is 0 Å². The molecule has 1 N–H and O–H groups in total. The SMILES string of the molecule is CC1CCC(COC2(C)CNC2)O1. The fourth-order valence-corrected chi connectivity index (χ4v) is 1.88. The highest BCUT2D eigenvalue weighted by molar-refractivity contribution is 4.90. The fraction of sp³-hybridized carbons (Fsp3) is 1.00. The number of hydrogen-bond donors (Lipinski definition) is 1. The molecule has 0 aromatic rings. The Morgan fingerprint density at radius 3 is 2.69 bits per heavy atom. The van der Waals surface area contributed by atoms with Crippen molar-refractivity contribution in [1.29, 1.82) is 0 Å². The first-order valence-electron chi connectivity index (χ1n) is 5.18. The molecule has 2 heterocycles. The van der Waals surface area contributed by atoms with E-state index in [1.54, 1.807) is 0 Å². The largest absolute Gasteiger partial charge is 0.373 e. The van der Waals surface area contributed by atoms with Crippen LogP contribution in [0.25, 0.3) is 0 Å². The zero-order chi connectivity index (χ0) is 9.31. The predicted molar refractivity (Wildman–Crippen MR) is 50.8 cm³/mol. The van der Waals surface area contributed by atoms with Gasteiger partial charge in [-0.3, -0.25) is 0 Å². The van der Waals surface area contributed by atoms with Gasteiger partial charge in [-0.1, -0.05) is 0 Å². The van der Waals surface area contributed by atoms with E-state index in [4.69, 9.17) is 9.47 Å². The van der Waals surface area contributed by atoms with Crippen LogP contribution in [0.4, 0.5) is 0 Å². The molecule has 0 aromatic carbocycles. The lowest BCUT2D eigenvalue weighted by Gasteiger charge is -2.39. The van der Waals surface area contributed by atoms with Gasteiger partial charge in [0.1, 0.15) is 0 Å². The summed E-state index contributed by atoms with van der Waals surface area (Å²) in [6.07, 6.45) is 3.11. The predicted octanol–water partition coefficient (Wildman–Crippen LogP) is 0.932. The van der Waals surface area contributed by atoms with Gasteiger partial charge in [0.15, 0.2) is 0 Å². The molecular formula is C10H19NO2. The Bertz CT molecular complexity index is 180. The van der Waals surface area contributed by atoms with Gasteiger partial charge in [0.05, 0.1) is 24.4 Å². The first kappa shape index (κ1) is 9.44. The summed E-state index contributed by atoms with van der Waals surface area (Å²) in [6, 6.07) is 0. The van der Waals surface area contributed by atoms with Gasteiger partial charge in [0.25, 0.3) is 0 Å². The quantitative estimate of drug-likeness (QED) is 0.709. The minimum Gasteiger partial charge on any atom is -0.373 e. The van der Waals surface area contributed by atoms with E-state index >= 15 is 0 Å². The normalized spacial score (nSPS) is 37.4. The minimum atomic E-state index is 0.0786. The second kappa shape index (κ2) is 3.56. The number of nitrogens with one attached hydrogen (secondary N) is 1. The Morgan fingerprint density at radius 2 is 2.23 bits per heavy atom. The van der Waals surface area contributed by atoms with Crippen molar-refractivity contribution in [3.63, 3.8) is 0 Å². The van der Waals surface area contributed by atoms with E-state index in [2.05, 4.69) is 19.2 Å². The Labute approximate surface area is 79.8 Å². The topological polar surface area (TPSA) is 30.5 Å². The van der Waals surface area contributed by atoms with Gasteiger partial charge in [-0.15, -0.1) is 0 Å². The summed E-state index contributed by atoms with van der Waals surface area (Å²) in [5.41, 5.74) is 0.0786. The summed E-state index contributed by atoms with van der Waals surface area (Å²) in [5, 5.41) is 3.22. The first-order chi connectivity index (χ1) is 6.18. The van der Waals surface area contributed by atoms with Crippen LogP contribution in [-0.2, 0) is 9.47 Å². The molecule has 3 nitrogen and oxygen atoms in total. The van der Waals surface area contributed by atoms with Gasteiger partial charge in [0, 0.05) is 13.1 Å². The molecular weight excluding hydrogens is 166 g/mol. The van der Waals surface area contributed by atoms with Crippen molar-refractivity contribution in [3.05, 3.63) is 0 Å². The molecule has 0 radical (unpaired) electrons. The van der Waals surface area contributed by atoms with E-state index in [0.29, 0.717) is 12.2 Å². The van der Waals surface area contributed by atoms with Gasteiger partial charge in [-0.25, -0.2) is 0 Å². The van der Waals surface area contributed by atoms with Crippen molar-refractivity contribution in [2.45, 2.75) is 44.5 Å². The summed E-state index contributed by atoms with van der Waals surface area (Å²) in [4.78, 5) is 0. The Kier molecular flexibility index (Phi) is 2.58. The third-order valence-electron chi connectivity index (χ3n) is 2.94. The van der Waals surface area contributed by atoms with E-state index in [-0.39, 0.29) is 5.60 Å². The van der Waals surface area contributed by atoms with E-state index in [0.717, 1.165) is 26.1 Å². The fourth-order valence-electron chi connectivity index (χ4n) is 1.88. The molecule has 0 aliphatic carbocycles. The van der Waals surface area contributed by atoms with E-state index in [1.807, 2.05) is 0 Å². The molecule has 3 heteroatoms. The molecule has 2 atom stereocenters. The van der Waals surface area contributed by atoms with Crippen molar-refractivity contribution in [3.8, 4) is 0 Å². The second-order valence-corrected chi connectivity index (χ2v) is 4.51. The maximum Gasteiger partial charge on any atom is 0.0903 e. The highest BCUT2D eigenvalue weighted by Crippen LogP contribution is 2.22. The van der Waals surface area contributed by atoms with Crippen LogP contribution >= 0.6 is 0 Å². The maximum atomic E-state index is 5.81. The molecule has 2 saturated heterocycles. The Morgan fingerprint density at radius 1 is 1.46 bits per heavy atom. The molecule has 76 valence electrons. The molecule has 2 unspecified atom stereocenters. The number of ether oxygens (including phenoxy) is 2. The van der Waals surface area contributed by atoms with Crippen molar-refractivity contribution in [1.82, 2.24) is 5.32 Å². The van der Waals surface area contributed by atoms with Crippen LogP contribution in [0.1, 0.15) is 26.7 Å². The molecule has 13 heavy (non-hydrogen) atoms. The maximum absolute atomic E-state index is 5.81. The summed E-state index contributed by atoms with van der Waals surface area (Å²) >= 11 is 0. The van der Waals surface area contributed by atoms with Gasteiger partial charge in [-0.05, 0) is 26.7 Å². The first-order valence-corrected chi connectivity index (χ1v) is 5.18. The van der Waals surface area contributed by atoms with Crippen molar-refractivity contribution in [2.75, 3.05) is 19.7 Å². The third-order valence-corrected chi connectivity index (χ3v) is 2.94. The summed E-state index contributed by atoms with van der Waals surface area (Å²) in [7, 11) is 0. The van der Waals surface area contributed by atoms with Gasteiger partial charge in [0.2, 0.25) is 0 Å². The lowest BCUT2D eigenvalue weighted by molar-refractivity contribution is -0.105. The highest BCUT2D eigenvalue weighted by Gasteiger charge is 2.34. The molecule has 2 rings (SSSR count). The van der Waals surface area contributed by atoms with Crippen molar-refractivity contribution < 1.29 is 9.47 Å². The lowest BCUT2D eigenvalue weighted by Crippen LogP contribution is -2.59. The number of rotatable bonds is 3. The Balaban J connectivity index is 1.67. The van der Waals surface area contributed by atoms with Crippen LogP contribution in [0.3, 0.4) is 0 Å². The standard InChI is InChI=1S/C10H19NO2/c1-8-3-4-9(13-8)5-12-10(2)6-11-7-10/h8-9,11H,3-7H2,1-2H3. The summed E-state index contributed by atoms with van der Waals surface area (Å²) in [6.45, 7) is 7.02. The average molecular weight is 185 g/mol. The minimum absolute atomic E-state index is 0.0786. The van der Waals surface area contributed by atoms with Gasteiger partial charge in [-0.2, -0.15) is 0 Å². The molecule has 0 saturated carbocycles. The monoisotopic (exact) mass is 185 g/mol. The zero-order valence-electron chi connectivity index (χ0n) is 8.51. The molecule has 0 amide bonds. The highest BCUT2D eigenvalue weighted by atomic mass is 16.6. The van der Waals surface area contributed by atoms with E-state index in [1.165, 1.54) is 6.42 Å². The molecule has 2 aliphatic rings. The van der Waals surface area contributed by atoms with Gasteiger partial charge < -0.3 is 14.8 Å². The summed E-state index contributed by atoms with van der Waals surface area (Å²) in [5.74, 6) is 0. The number of hydrogen-bond acceptors (Lipinski definition) is 3. The van der Waals surface area contributed by atoms with Crippen LogP contribution < -0.4 is 5.32 Å². The smallest absolute Gasteiger partial charge is 0.0903 e. The van der Waals surface area contributed by atoms with Crippen molar-refractivity contribution in [2.24, 2.45) is 0 Å². The van der Waals surface area contributed by atoms with Crippen LogP contribution in [0.15, 0.2) is 0 Å². The second-order valence-electron chi connectivity index (χ2n) is 4.51. The van der Waals surface area contributed by atoms with Crippen LogP contribution in [-0.4, -0.2) is 37.5 Å². The average Bonchev–Trinajstić information content (AvgIpc) is 2.44. The van der Waals surface area contributed by atoms with E-state index in [9.17, 15) is 0 Å². The molecule has 2 aliphatic heterocycles. The van der Waals surface area contributed by atoms with Gasteiger partial charge >= 0.3 is 0 Å². The van der Waals surface area contributed by atoms with Crippen LogP contribution in [0, 0.1) is 0 Å². The summed E-state index contributed by atoms with van der Waals surface area (Å²) < 4.78 is 11.5. The van der Waals surface area contributed by atoms with Crippen LogP contribution in [0.5, 0.6) is 0 Å². The van der Waals surface area contributed by atoms with Crippen LogP contribution in [0.2, 0.25) is 0 Å². The molecule has 2 fully saturated rings. The molecule has 0 bridgehead atoms.